The SMILES string of the molecule is CC1CCCC(C)N1C(=O)c1ccc(C#CCN)cn1. The van der Waals surface area contributed by atoms with Crippen molar-refractivity contribution in [1.82, 2.24) is 9.88 Å². The minimum absolute atomic E-state index is 0.0167. The van der Waals surface area contributed by atoms with E-state index >= 15 is 0 Å². The second-order valence-corrected chi connectivity index (χ2v) is 5.28. The molecule has 1 saturated heterocycles. The zero-order chi connectivity index (χ0) is 14.5. The number of likely N-dealkylation sites (tertiary alicyclic amines) is 1. The van der Waals surface area contributed by atoms with E-state index in [1.165, 1.54) is 6.42 Å². The third-order valence-electron chi connectivity index (χ3n) is 3.75. The smallest absolute Gasteiger partial charge is 0.272 e. The van der Waals surface area contributed by atoms with Gasteiger partial charge in [-0.25, -0.2) is 4.98 Å². The monoisotopic (exact) mass is 271 g/mol. The zero-order valence-corrected chi connectivity index (χ0v) is 12.1. The van der Waals surface area contributed by atoms with E-state index in [9.17, 15) is 4.79 Å². The number of carbonyl (C=O) groups is 1. The highest BCUT2D eigenvalue weighted by atomic mass is 16.2. The standard InChI is InChI=1S/C16H21N3O/c1-12-5-3-6-13(2)19(12)16(20)15-9-8-14(11-18-15)7-4-10-17/h8-9,11-13H,3,5-6,10,17H2,1-2H3. The third-order valence-corrected chi connectivity index (χ3v) is 3.75. The van der Waals surface area contributed by atoms with E-state index in [1.807, 2.05) is 11.0 Å². The number of hydrogen-bond donors (Lipinski definition) is 1. The Bertz CT molecular complexity index is 517. The predicted octanol–water partition coefficient (Wildman–Crippen LogP) is 1.79. The minimum atomic E-state index is 0.0167. The van der Waals surface area contributed by atoms with E-state index in [4.69, 9.17) is 5.73 Å². The first-order chi connectivity index (χ1) is 9.63. The fourth-order valence-electron chi connectivity index (χ4n) is 2.70. The molecule has 4 nitrogen and oxygen atoms in total. The zero-order valence-electron chi connectivity index (χ0n) is 12.1. The molecule has 1 fully saturated rings. The molecule has 0 saturated carbocycles. The van der Waals surface area contributed by atoms with Gasteiger partial charge in [-0.1, -0.05) is 11.8 Å². The summed E-state index contributed by atoms with van der Waals surface area (Å²) in [5.41, 5.74) is 6.60. The topological polar surface area (TPSA) is 59.2 Å². The average Bonchev–Trinajstić information content (AvgIpc) is 2.45. The van der Waals surface area contributed by atoms with Crippen LogP contribution < -0.4 is 5.73 Å². The molecule has 1 aromatic rings. The van der Waals surface area contributed by atoms with Gasteiger partial charge in [0.05, 0.1) is 6.54 Å². The largest absolute Gasteiger partial charge is 0.332 e. The van der Waals surface area contributed by atoms with Gasteiger partial charge < -0.3 is 10.6 Å². The van der Waals surface area contributed by atoms with Crippen LogP contribution in [0.15, 0.2) is 18.3 Å². The van der Waals surface area contributed by atoms with Gasteiger partial charge in [-0.2, -0.15) is 0 Å². The number of nitrogens with two attached hydrogens (primary N) is 1. The molecule has 0 radical (unpaired) electrons. The van der Waals surface area contributed by atoms with Crippen LogP contribution in [0.1, 0.15) is 49.2 Å². The Morgan fingerprint density at radius 2 is 2.10 bits per heavy atom. The summed E-state index contributed by atoms with van der Waals surface area (Å²) >= 11 is 0. The highest BCUT2D eigenvalue weighted by Gasteiger charge is 2.30. The van der Waals surface area contributed by atoms with Crippen molar-refractivity contribution in [2.24, 2.45) is 5.73 Å². The molecule has 1 amide bonds. The maximum Gasteiger partial charge on any atom is 0.272 e. The van der Waals surface area contributed by atoms with Crippen molar-refractivity contribution in [1.29, 1.82) is 0 Å². The molecule has 2 heterocycles. The van der Waals surface area contributed by atoms with Crippen LogP contribution >= 0.6 is 0 Å². The molecule has 0 aliphatic carbocycles. The summed E-state index contributed by atoms with van der Waals surface area (Å²) in [6.45, 7) is 4.53. The lowest BCUT2D eigenvalue weighted by atomic mass is 9.97. The van der Waals surface area contributed by atoms with Gasteiger partial charge in [0.1, 0.15) is 5.69 Å². The molecule has 0 aromatic carbocycles. The molecular formula is C16H21N3O. The van der Waals surface area contributed by atoms with Gasteiger partial charge in [0, 0.05) is 23.8 Å². The van der Waals surface area contributed by atoms with Crippen molar-refractivity contribution < 1.29 is 4.79 Å². The number of aromatic nitrogens is 1. The Balaban J connectivity index is 2.16. The second kappa shape index (κ2) is 6.53. The van der Waals surface area contributed by atoms with Crippen molar-refractivity contribution in [3.63, 3.8) is 0 Å². The summed E-state index contributed by atoms with van der Waals surface area (Å²) in [6, 6.07) is 4.13. The number of rotatable bonds is 1. The highest BCUT2D eigenvalue weighted by Crippen LogP contribution is 2.24. The molecule has 1 aliphatic heterocycles. The molecule has 2 N–H and O–H groups in total. The van der Waals surface area contributed by atoms with Crippen molar-refractivity contribution >= 4 is 5.91 Å². The van der Waals surface area contributed by atoms with Gasteiger partial charge in [-0.05, 0) is 45.2 Å². The van der Waals surface area contributed by atoms with Crippen LogP contribution in [0.25, 0.3) is 0 Å². The van der Waals surface area contributed by atoms with E-state index in [0.717, 1.165) is 18.4 Å². The average molecular weight is 271 g/mol. The van der Waals surface area contributed by atoms with E-state index in [2.05, 4.69) is 30.7 Å². The Kier molecular flexibility index (Phi) is 4.75. The number of pyridine rings is 1. The molecule has 2 atom stereocenters. The molecule has 106 valence electrons. The summed E-state index contributed by atoms with van der Waals surface area (Å²) in [5, 5.41) is 0. The number of piperidine rings is 1. The molecule has 20 heavy (non-hydrogen) atoms. The lowest BCUT2D eigenvalue weighted by Crippen LogP contribution is -2.47. The quantitative estimate of drug-likeness (QED) is 0.792. The summed E-state index contributed by atoms with van der Waals surface area (Å²) < 4.78 is 0. The first-order valence-corrected chi connectivity index (χ1v) is 7.11. The van der Waals surface area contributed by atoms with Crippen molar-refractivity contribution in [2.45, 2.75) is 45.2 Å². The van der Waals surface area contributed by atoms with Gasteiger partial charge in [-0.3, -0.25) is 4.79 Å². The summed E-state index contributed by atoms with van der Waals surface area (Å²) in [5.74, 6) is 5.69. The normalized spacial score (nSPS) is 22.1. The number of nitrogens with zero attached hydrogens (tertiary/aromatic N) is 2. The number of amides is 1. The fraction of sp³-hybridized carbons (Fsp3) is 0.500. The molecule has 0 spiro atoms. The summed E-state index contributed by atoms with van der Waals surface area (Å²) in [4.78, 5) is 18.7. The van der Waals surface area contributed by atoms with Gasteiger partial charge in [-0.15, -0.1) is 0 Å². The predicted molar refractivity (Wildman–Crippen MR) is 79.1 cm³/mol. The molecular weight excluding hydrogens is 250 g/mol. The van der Waals surface area contributed by atoms with E-state index in [1.54, 1.807) is 12.3 Å². The maximum absolute atomic E-state index is 12.6. The summed E-state index contributed by atoms with van der Waals surface area (Å²) in [6.07, 6.45) is 4.95. The molecule has 4 heteroatoms. The number of hydrogen-bond acceptors (Lipinski definition) is 3. The van der Waals surface area contributed by atoms with Crippen LogP contribution in [0.5, 0.6) is 0 Å². The van der Waals surface area contributed by atoms with Crippen LogP contribution in [0.3, 0.4) is 0 Å². The van der Waals surface area contributed by atoms with Crippen molar-refractivity contribution in [3.8, 4) is 11.8 Å². The maximum atomic E-state index is 12.6. The van der Waals surface area contributed by atoms with E-state index < -0.39 is 0 Å². The van der Waals surface area contributed by atoms with Gasteiger partial charge in [0.2, 0.25) is 0 Å². The van der Waals surface area contributed by atoms with Crippen molar-refractivity contribution in [2.75, 3.05) is 6.54 Å². The van der Waals surface area contributed by atoms with E-state index in [0.29, 0.717) is 12.2 Å². The molecule has 0 bridgehead atoms. The lowest BCUT2D eigenvalue weighted by molar-refractivity contribution is 0.0504. The van der Waals surface area contributed by atoms with Gasteiger partial charge in [0.25, 0.3) is 5.91 Å². The molecule has 2 rings (SSSR count). The van der Waals surface area contributed by atoms with Gasteiger partial charge >= 0.3 is 0 Å². The van der Waals surface area contributed by atoms with Crippen LogP contribution in [-0.4, -0.2) is 34.4 Å². The third kappa shape index (κ3) is 3.17. The first-order valence-electron chi connectivity index (χ1n) is 7.11. The highest BCUT2D eigenvalue weighted by molar-refractivity contribution is 5.92. The van der Waals surface area contributed by atoms with Crippen LogP contribution in [0.4, 0.5) is 0 Å². The Morgan fingerprint density at radius 3 is 2.65 bits per heavy atom. The Hall–Kier alpha value is -1.86. The fourth-order valence-corrected chi connectivity index (χ4v) is 2.70. The second-order valence-electron chi connectivity index (χ2n) is 5.28. The molecule has 2 unspecified atom stereocenters. The Labute approximate surface area is 120 Å². The molecule has 1 aliphatic rings. The van der Waals surface area contributed by atoms with Crippen LogP contribution in [-0.2, 0) is 0 Å². The minimum Gasteiger partial charge on any atom is -0.332 e. The van der Waals surface area contributed by atoms with Gasteiger partial charge in [0.15, 0.2) is 0 Å². The number of carbonyl (C=O) groups excluding carboxylic acids is 1. The Morgan fingerprint density at radius 1 is 1.40 bits per heavy atom. The van der Waals surface area contributed by atoms with Crippen LogP contribution in [0, 0.1) is 11.8 Å². The van der Waals surface area contributed by atoms with Crippen LogP contribution in [0.2, 0.25) is 0 Å². The molecule has 1 aromatic heterocycles. The summed E-state index contributed by atoms with van der Waals surface area (Å²) in [7, 11) is 0. The first kappa shape index (κ1) is 14.5. The van der Waals surface area contributed by atoms with Crippen molar-refractivity contribution in [3.05, 3.63) is 29.6 Å². The lowest BCUT2D eigenvalue weighted by Gasteiger charge is -2.38. The van der Waals surface area contributed by atoms with E-state index in [-0.39, 0.29) is 18.0 Å².